The fourth-order valence-corrected chi connectivity index (χ4v) is 5.15. The Hall–Kier alpha value is -4.71. The quantitative estimate of drug-likeness (QED) is 0.334. The maximum atomic E-state index is 14.4. The molecule has 6 rings (SSSR count). The van der Waals surface area contributed by atoms with E-state index in [0.29, 0.717) is 80.8 Å². The van der Waals surface area contributed by atoms with E-state index in [2.05, 4.69) is 25.2 Å². The summed E-state index contributed by atoms with van der Waals surface area (Å²) in [6, 6.07) is 8.96. The van der Waals surface area contributed by atoms with Gasteiger partial charge in [0, 0.05) is 78.9 Å². The van der Waals surface area contributed by atoms with Gasteiger partial charge in [0.1, 0.15) is 12.5 Å². The number of amides is 1. The molecule has 0 saturated carbocycles. The van der Waals surface area contributed by atoms with Gasteiger partial charge in [0.05, 0.1) is 18.9 Å². The average molecular weight is 556 g/mol. The molecular weight excluding hydrogens is 525 g/mol. The first-order valence-corrected chi connectivity index (χ1v) is 13.6. The summed E-state index contributed by atoms with van der Waals surface area (Å²) in [7, 11) is 0. The number of hydrogen-bond acceptors (Lipinski definition) is 10. The molecule has 0 aliphatic carbocycles. The number of halogens is 1. The Balaban J connectivity index is 1.30. The van der Waals surface area contributed by atoms with Crippen molar-refractivity contribution in [3.63, 3.8) is 0 Å². The molecular formula is C29H30FN9O2. The summed E-state index contributed by atoms with van der Waals surface area (Å²) in [5.74, 6) is 1.21. The molecule has 1 aromatic carbocycles. The molecule has 41 heavy (non-hydrogen) atoms. The van der Waals surface area contributed by atoms with Crippen LogP contribution in [0.1, 0.15) is 27.0 Å². The van der Waals surface area contributed by atoms with Crippen molar-refractivity contribution in [1.29, 1.82) is 0 Å². The second-order valence-corrected chi connectivity index (χ2v) is 9.85. The van der Waals surface area contributed by atoms with Crippen molar-refractivity contribution in [3.05, 3.63) is 77.4 Å². The minimum absolute atomic E-state index is 0.184. The third-order valence-corrected chi connectivity index (χ3v) is 7.25. The zero-order valence-electron chi connectivity index (χ0n) is 22.5. The van der Waals surface area contributed by atoms with Gasteiger partial charge in [-0.2, -0.15) is 4.98 Å². The van der Waals surface area contributed by atoms with E-state index < -0.39 is 6.67 Å². The van der Waals surface area contributed by atoms with Crippen LogP contribution in [0.5, 0.6) is 0 Å². The van der Waals surface area contributed by atoms with Gasteiger partial charge in [-0.05, 0) is 42.7 Å². The van der Waals surface area contributed by atoms with Crippen LogP contribution in [0.25, 0.3) is 11.3 Å². The van der Waals surface area contributed by atoms with Crippen LogP contribution in [0.3, 0.4) is 0 Å². The van der Waals surface area contributed by atoms with Crippen molar-refractivity contribution in [2.24, 2.45) is 0 Å². The number of rotatable bonds is 8. The number of carbonyl (C=O) groups is 1. The molecule has 0 unspecified atom stereocenters. The lowest BCUT2D eigenvalue weighted by Gasteiger charge is -2.28. The van der Waals surface area contributed by atoms with Gasteiger partial charge in [-0.3, -0.25) is 9.78 Å². The van der Waals surface area contributed by atoms with E-state index in [1.165, 1.54) is 0 Å². The van der Waals surface area contributed by atoms with Crippen LogP contribution in [0.2, 0.25) is 0 Å². The zero-order valence-corrected chi connectivity index (χ0v) is 22.5. The first-order valence-electron chi connectivity index (χ1n) is 13.6. The maximum absolute atomic E-state index is 14.4. The lowest BCUT2D eigenvalue weighted by Crippen LogP contribution is -2.37. The van der Waals surface area contributed by atoms with E-state index in [4.69, 9.17) is 20.4 Å². The Morgan fingerprint density at radius 3 is 2.66 bits per heavy atom. The number of nitrogens with zero attached hydrogens (tertiary/aromatic N) is 7. The molecule has 4 aromatic rings. The van der Waals surface area contributed by atoms with E-state index >= 15 is 0 Å². The number of carbonyl (C=O) groups excluding carboxylic acids is 1. The number of morpholine rings is 1. The van der Waals surface area contributed by atoms with E-state index in [9.17, 15) is 9.18 Å². The van der Waals surface area contributed by atoms with Crippen LogP contribution in [-0.4, -0.2) is 70.2 Å². The van der Waals surface area contributed by atoms with Gasteiger partial charge in [-0.25, -0.2) is 19.3 Å². The molecule has 0 atom stereocenters. The molecule has 3 N–H and O–H groups in total. The number of pyridine rings is 1. The van der Waals surface area contributed by atoms with Crippen LogP contribution in [-0.2, 0) is 24.3 Å². The highest BCUT2D eigenvalue weighted by molar-refractivity contribution is 5.95. The highest BCUT2D eigenvalue weighted by Crippen LogP contribution is 2.40. The number of aromatic nitrogens is 5. The summed E-state index contributed by atoms with van der Waals surface area (Å²) in [6.07, 6.45) is 8.11. The van der Waals surface area contributed by atoms with Crippen molar-refractivity contribution in [2.45, 2.75) is 19.5 Å². The van der Waals surface area contributed by atoms with Crippen molar-refractivity contribution in [1.82, 2.24) is 30.2 Å². The van der Waals surface area contributed by atoms with Crippen molar-refractivity contribution >= 4 is 29.3 Å². The average Bonchev–Trinajstić information content (AvgIpc) is 3.45. The Kier molecular flexibility index (Phi) is 7.63. The molecule has 1 amide bonds. The normalized spacial score (nSPS) is 14.7. The molecule has 3 aromatic heterocycles. The van der Waals surface area contributed by atoms with Crippen molar-refractivity contribution in [2.75, 3.05) is 54.9 Å². The number of benzene rings is 1. The number of alkyl halides is 1. The highest BCUT2D eigenvalue weighted by atomic mass is 19.1. The summed E-state index contributed by atoms with van der Waals surface area (Å²) >= 11 is 0. The summed E-state index contributed by atoms with van der Waals surface area (Å²) in [4.78, 5) is 39.2. The summed E-state index contributed by atoms with van der Waals surface area (Å²) < 4.78 is 20.0. The predicted molar refractivity (Wildman–Crippen MR) is 153 cm³/mol. The van der Waals surface area contributed by atoms with Crippen LogP contribution in [0.15, 0.2) is 55.1 Å². The molecule has 0 spiro atoms. The molecule has 0 radical (unpaired) electrons. The standard InChI is InChI=1S/C29H30FN9O2/c30-15-21-14-20(27(40)33-8-5-19-2-1-7-32-16-19)3-4-24(21)39-9-6-23-25(22-17-34-28(31)35-18-22)36-29(37-26(23)39)38-10-12-41-13-11-38/h1-4,7,14,16-18H,5-6,8-13,15H2,(H,33,40)(H2,31,34,35). The monoisotopic (exact) mass is 555 g/mol. The lowest BCUT2D eigenvalue weighted by atomic mass is 10.1. The number of hydrogen-bond donors (Lipinski definition) is 2. The smallest absolute Gasteiger partial charge is 0.251 e. The van der Waals surface area contributed by atoms with Crippen molar-refractivity contribution < 1.29 is 13.9 Å². The summed E-state index contributed by atoms with van der Waals surface area (Å²) in [6.45, 7) is 2.81. The minimum Gasteiger partial charge on any atom is -0.378 e. The minimum atomic E-state index is -0.724. The molecule has 2 aliphatic rings. The predicted octanol–water partition coefficient (Wildman–Crippen LogP) is 2.88. The molecule has 5 heterocycles. The van der Waals surface area contributed by atoms with E-state index in [1.54, 1.807) is 43.0 Å². The van der Waals surface area contributed by atoms with Crippen LogP contribution < -0.4 is 20.9 Å². The summed E-state index contributed by atoms with van der Waals surface area (Å²) in [5.41, 5.74) is 10.6. The summed E-state index contributed by atoms with van der Waals surface area (Å²) in [5, 5.41) is 2.92. The molecule has 1 saturated heterocycles. The SMILES string of the molecule is Nc1ncc(-c2nc(N3CCOCC3)nc3c2CCN3c2ccc(C(=O)NCCc3cccnc3)cc2CF)cn1. The van der Waals surface area contributed by atoms with E-state index in [0.717, 1.165) is 22.4 Å². The van der Waals surface area contributed by atoms with Gasteiger partial charge in [0.25, 0.3) is 5.91 Å². The fourth-order valence-electron chi connectivity index (χ4n) is 5.15. The van der Waals surface area contributed by atoms with Gasteiger partial charge in [-0.1, -0.05) is 6.07 Å². The first kappa shape index (κ1) is 26.5. The molecule has 0 bridgehead atoms. The number of nitrogens with two attached hydrogens (primary N) is 1. The molecule has 2 aliphatic heterocycles. The number of ether oxygens (including phenoxy) is 1. The maximum Gasteiger partial charge on any atom is 0.251 e. The van der Waals surface area contributed by atoms with Gasteiger partial charge < -0.3 is 25.6 Å². The Morgan fingerprint density at radius 2 is 1.90 bits per heavy atom. The van der Waals surface area contributed by atoms with Gasteiger partial charge in [0.15, 0.2) is 0 Å². The molecule has 11 nitrogen and oxygen atoms in total. The highest BCUT2D eigenvalue weighted by Gasteiger charge is 2.30. The fraction of sp³-hybridized carbons (Fsp3) is 0.310. The third kappa shape index (κ3) is 5.64. The number of fused-ring (bicyclic) bond motifs is 1. The van der Waals surface area contributed by atoms with Crippen LogP contribution in [0, 0.1) is 0 Å². The molecule has 12 heteroatoms. The second kappa shape index (κ2) is 11.8. The van der Waals surface area contributed by atoms with E-state index in [-0.39, 0.29) is 11.9 Å². The van der Waals surface area contributed by atoms with Crippen molar-refractivity contribution in [3.8, 4) is 11.3 Å². The number of anilines is 4. The Morgan fingerprint density at radius 1 is 1.07 bits per heavy atom. The molecule has 1 fully saturated rings. The van der Waals surface area contributed by atoms with Crippen LogP contribution in [0.4, 0.5) is 27.8 Å². The van der Waals surface area contributed by atoms with Gasteiger partial charge in [0.2, 0.25) is 11.9 Å². The number of nitrogens with one attached hydrogen (secondary N) is 1. The number of nitrogen functional groups attached to an aromatic ring is 1. The topological polar surface area (TPSA) is 135 Å². The van der Waals surface area contributed by atoms with Gasteiger partial charge >= 0.3 is 0 Å². The van der Waals surface area contributed by atoms with Gasteiger partial charge in [-0.15, -0.1) is 0 Å². The first-order chi connectivity index (χ1) is 20.1. The lowest BCUT2D eigenvalue weighted by molar-refractivity contribution is 0.0954. The molecule has 210 valence electrons. The second-order valence-electron chi connectivity index (χ2n) is 9.85. The van der Waals surface area contributed by atoms with Crippen LogP contribution >= 0.6 is 0 Å². The zero-order chi connectivity index (χ0) is 28.2. The Labute approximate surface area is 236 Å². The Bertz CT molecular complexity index is 1530. The third-order valence-electron chi connectivity index (χ3n) is 7.25. The largest absolute Gasteiger partial charge is 0.378 e. The van der Waals surface area contributed by atoms with E-state index in [1.807, 2.05) is 17.0 Å².